The molecule has 0 saturated carbocycles. The van der Waals surface area contributed by atoms with Gasteiger partial charge < -0.3 is 4.74 Å². The molecule has 0 aromatic carbocycles. The standard InChI is InChI=1S/C11H15Cl2NO/c1-8(2)5-6-15-7-9-3-4-10(12)14-11(9)13/h3-4,8H,5-7H2,1-2H3. The van der Waals surface area contributed by atoms with Crippen LogP contribution in [-0.2, 0) is 11.3 Å². The minimum atomic E-state index is 0.408. The molecule has 84 valence electrons. The van der Waals surface area contributed by atoms with Crippen molar-refractivity contribution in [2.24, 2.45) is 5.92 Å². The Balaban J connectivity index is 2.37. The van der Waals surface area contributed by atoms with Gasteiger partial charge in [-0.05, 0) is 18.4 Å². The molecule has 0 amide bonds. The lowest BCUT2D eigenvalue weighted by atomic mass is 10.1. The van der Waals surface area contributed by atoms with Crippen LogP contribution in [0.3, 0.4) is 0 Å². The molecule has 0 N–H and O–H groups in total. The van der Waals surface area contributed by atoms with Crippen molar-refractivity contribution in [3.8, 4) is 0 Å². The number of halogens is 2. The van der Waals surface area contributed by atoms with Crippen LogP contribution in [0.5, 0.6) is 0 Å². The summed E-state index contributed by atoms with van der Waals surface area (Å²) in [6, 6.07) is 3.56. The van der Waals surface area contributed by atoms with Crippen molar-refractivity contribution >= 4 is 23.2 Å². The fourth-order valence-electron chi connectivity index (χ4n) is 1.05. The predicted octanol–water partition coefficient (Wildman–Crippen LogP) is 3.95. The van der Waals surface area contributed by atoms with Gasteiger partial charge in [-0.25, -0.2) is 4.98 Å². The highest BCUT2D eigenvalue weighted by Gasteiger charge is 2.03. The van der Waals surface area contributed by atoms with E-state index in [-0.39, 0.29) is 0 Å². The Morgan fingerprint density at radius 2 is 2.07 bits per heavy atom. The quantitative estimate of drug-likeness (QED) is 0.581. The second-order valence-corrected chi connectivity index (χ2v) is 4.56. The zero-order valence-corrected chi connectivity index (χ0v) is 10.5. The molecule has 1 aromatic rings. The first-order chi connectivity index (χ1) is 7.09. The fraction of sp³-hybridized carbons (Fsp3) is 0.545. The van der Waals surface area contributed by atoms with Crippen LogP contribution in [0.1, 0.15) is 25.8 Å². The lowest BCUT2D eigenvalue weighted by Gasteiger charge is -2.07. The van der Waals surface area contributed by atoms with Gasteiger partial charge in [0.25, 0.3) is 0 Å². The molecule has 1 rings (SSSR count). The summed E-state index contributed by atoms with van der Waals surface area (Å²) in [5.41, 5.74) is 0.879. The molecule has 0 fully saturated rings. The third-order valence-corrected chi connectivity index (χ3v) is 2.53. The van der Waals surface area contributed by atoms with Gasteiger partial charge in [0.05, 0.1) is 6.61 Å². The Morgan fingerprint density at radius 3 is 2.67 bits per heavy atom. The molecule has 0 aliphatic carbocycles. The number of nitrogens with zero attached hydrogens (tertiary/aromatic N) is 1. The minimum absolute atomic E-state index is 0.408. The molecule has 0 aliphatic rings. The van der Waals surface area contributed by atoms with Gasteiger partial charge in [0.15, 0.2) is 0 Å². The van der Waals surface area contributed by atoms with Crippen LogP contribution in [0.2, 0.25) is 10.3 Å². The number of pyridine rings is 1. The lowest BCUT2D eigenvalue weighted by Crippen LogP contribution is -2.00. The van der Waals surface area contributed by atoms with Gasteiger partial charge in [-0.3, -0.25) is 0 Å². The highest BCUT2D eigenvalue weighted by atomic mass is 35.5. The molecule has 1 aromatic heterocycles. The van der Waals surface area contributed by atoms with Gasteiger partial charge in [-0.15, -0.1) is 0 Å². The molecule has 0 bridgehead atoms. The van der Waals surface area contributed by atoms with E-state index in [1.54, 1.807) is 6.07 Å². The molecule has 0 unspecified atom stereocenters. The lowest BCUT2D eigenvalue weighted by molar-refractivity contribution is 0.110. The van der Waals surface area contributed by atoms with Crippen molar-refractivity contribution in [1.82, 2.24) is 4.98 Å². The van der Waals surface area contributed by atoms with Crippen molar-refractivity contribution in [1.29, 1.82) is 0 Å². The van der Waals surface area contributed by atoms with Gasteiger partial charge in [-0.1, -0.05) is 43.1 Å². The minimum Gasteiger partial charge on any atom is -0.377 e. The zero-order valence-electron chi connectivity index (χ0n) is 8.96. The molecule has 0 spiro atoms. The molecule has 0 radical (unpaired) electrons. The van der Waals surface area contributed by atoms with Crippen molar-refractivity contribution in [2.75, 3.05) is 6.61 Å². The summed E-state index contributed by atoms with van der Waals surface area (Å²) in [7, 11) is 0. The largest absolute Gasteiger partial charge is 0.377 e. The summed E-state index contributed by atoms with van der Waals surface area (Å²) >= 11 is 11.6. The molecule has 15 heavy (non-hydrogen) atoms. The Kier molecular flexibility index (Phi) is 5.37. The molecule has 0 saturated heterocycles. The average Bonchev–Trinajstić information content (AvgIpc) is 2.14. The Morgan fingerprint density at radius 1 is 1.33 bits per heavy atom. The molecule has 2 nitrogen and oxygen atoms in total. The second-order valence-electron chi connectivity index (χ2n) is 3.82. The van der Waals surface area contributed by atoms with Crippen LogP contribution in [0, 0.1) is 5.92 Å². The van der Waals surface area contributed by atoms with Gasteiger partial charge >= 0.3 is 0 Å². The van der Waals surface area contributed by atoms with Gasteiger partial charge in [0, 0.05) is 12.2 Å². The topological polar surface area (TPSA) is 22.1 Å². The molecule has 0 atom stereocenters. The van der Waals surface area contributed by atoms with Crippen molar-refractivity contribution < 1.29 is 4.74 Å². The van der Waals surface area contributed by atoms with E-state index in [1.807, 2.05) is 6.07 Å². The van der Waals surface area contributed by atoms with E-state index >= 15 is 0 Å². The number of ether oxygens (including phenoxy) is 1. The van der Waals surface area contributed by atoms with E-state index in [0.29, 0.717) is 22.8 Å². The molecular formula is C11H15Cl2NO. The molecular weight excluding hydrogens is 233 g/mol. The van der Waals surface area contributed by atoms with E-state index in [9.17, 15) is 0 Å². The summed E-state index contributed by atoms with van der Waals surface area (Å²) in [4.78, 5) is 3.94. The number of hydrogen-bond acceptors (Lipinski definition) is 2. The summed E-state index contributed by atoms with van der Waals surface area (Å²) in [6.45, 7) is 5.58. The monoisotopic (exact) mass is 247 g/mol. The fourth-order valence-corrected chi connectivity index (χ4v) is 1.45. The first-order valence-electron chi connectivity index (χ1n) is 4.98. The molecule has 0 aliphatic heterocycles. The zero-order chi connectivity index (χ0) is 11.3. The maximum atomic E-state index is 5.90. The van der Waals surface area contributed by atoms with Crippen molar-refractivity contribution in [3.05, 3.63) is 28.0 Å². The number of rotatable bonds is 5. The Bertz CT molecular complexity index is 315. The van der Waals surface area contributed by atoms with E-state index in [4.69, 9.17) is 27.9 Å². The maximum absolute atomic E-state index is 5.90. The number of hydrogen-bond donors (Lipinski definition) is 0. The van der Waals surface area contributed by atoms with Crippen LogP contribution >= 0.6 is 23.2 Å². The number of aromatic nitrogens is 1. The van der Waals surface area contributed by atoms with Crippen molar-refractivity contribution in [2.45, 2.75) is 26.9 Å². The normalized spacial score (nSPS) is 11.0. The molecule has 4 heteroatoms. The average molecular weight is 248 g/mol. The predicted molar refractivity (Wildman–Crippen MR) is 63.4 cm³/mol. The van der Waals surface area contributed by atoms with Gasteiger partial charge in [-0.2, -0.15) is 0 Å². The summed E-state index contributed by atoms with van der Waals surface area (Å²) in [5.74, 6) is 0.656. The SMILES string of the molecule is CC(C)CCOCc1ccc(Cl)nc1Cl. The van der Waals surface area contributed by atoms with E-state index in [0.717, 1.165) is 18.6 Å². The van der Waals surface area contributed by atoms with E-state index in [1.165, 1.54) is 0 Å². The third-order valence-electron chi connectivity index (χ3n) is 1.99. The van der Waals surface area contributed by atoms with Crippen LogP contribution in [0.15, 0.2) is 12.1 Å². The third kappa shape index (κ3) is 4.83. The highest BCUT2D eigenvalue weighted by molar-refractivity contribution is 6.32. The second kappa shape index (κ2) is 6.31. The Hall–Kier alpha value is -0.310. The van der Waals surface area contributed by atoms with E-state index in [2.05, 4.69) is 18.8 Å². The van der Waals surface area contributed by atoms with E-state index < -0.39 is 0 Å². The smallest absolute Gasteiger partial charge is 0.136 e. The highest BCUT2D eigenvalue weighted by Crippen LogP contribution is 2.17. The van der Waals surface area contributed by atoms with Crippen LogP contribution in [-0.4, -0.2) is 11.6 Å². The summed E-state index contributed by atoms with van der Waals surface area (Å²) < 4.78 is 5.48. The summed E-state index contributed by atoms with van der Waals surface area (Å²) in [5, 5.41) is 0.831. The van der Waals surface area contributed by atoms with Crippen LogP contribution in [0.25, 0.3) is 0 Å². The first kappa shape index (κ1) is 12.8. The van der Waals surface area contributed by atoms with Crippen LogP contribution < -0.4 is 0 Å². The maximum Gasteiger partial charge on any atom is 0.136 e. The van der Waals surface area contributed by atoms with Crippen molar-refractivity contribution in [3.63, 3.8) is 0 Å². The first-order valence-corrected chi connectivity index (χ1v) is 5.74. The summed E-state index contributed by atoms with van der Waals surface area (Å²) in [6.07, 6.45) is 1.05. The van der Waals surface area contributed by atoms with Gasteiger partial charge in [0.1, 0.15) is 10.3 Å². The molecule has 1 heterocycles. The Labute approximate surface area is 101 Å². The van der Waals surface area contributed by atoms with Crippen LogP contribution in [0.4, 0.5) is 0 Å². The van der Waals surface area contributed by atoms with Gasteiger partial charge in [0.2, 0.25) is 0 Å².